The molecule has 0 saturated heterocycles. The number of benzene rings is 2. The first kappa shape index (κ1) is 16.2. The van der Waals surface area contributed by atoms with Crippen molar-refractivity contribution in [2.24, 2.45) is 0 Å². The Morgan fingerprint density at radius 3 is 2.81 bits per heavy atom. The lowest BCUT2D eigenvalue weighted by Crippen LogP contribution is -2.40. The van der Waals surface area contributed by atoms with Gasteiger partial charge in [-0.05, 0) is 35.7 Å². The second kappa shape index (κ2) is 6.55. The van der Waals surface area contributed by atoms with Gasteiger partial charge in [-0.3, -0.25) is 9.59 Å². The molecule has 2 heterocycles. The van der Waals surface area contributed by atoms with Crippen LogP contribution in [0.1, 0.15) is 17.5 Å². The standard InChI is InChI=1S/C20H19N3O3/c24-19(25)8-6-12-5-7-16-17(9-12)23-20(26)18(22-16)10-13-11-21-15-4-2-1-3-14(13)15/h1-5,7,9,11,18,21-22H,6,8,10H2,(H,23,26)(H,24,25). The van der Waals surface area contributed by atoms with Crippen LogP contribution in [0.2, 0.25) is 0 Å². The van der Waals surface area contributed by atoms with Gasteiger partial charge >= 0.3 is 5.97 Å². The number of aryl methyl sites for hydroxylation is 1. The van der Waals surface area contributed by atoms with Crippen LogP contribution in [-0.4, -0.2) is 28.0 Å². The number of aromatic nitrogens is 1. The number of carbonyl (C=O) groups is 2. The zero-order valence-electron chi connectivity index (χ0n) is 14.1. The van der Waals surface area contributed by atoms with Crippen LogP contribution in [0.25, 0.3) is 10.9 Å². The molecular weight excluding hydrogens is 330 g/mol. The van der Waals surface area contributed by atoms with Crippen LogP contribution in [-0.2, 0) is 22.4 Å². The highest BCUT2D eigenvalue weighted by atomic mass is 16.4. The summed E-state index contributed by atoms with van der Waals surface area (Å²) in [5, 5.41) is 16.2. The Balaban J connectivity index is 1.53. The maximum absolute atomic E-state index is 12.5. The molecule has 3 aromatic rings. The van der Waals surface area contributed by atoms with Gasteiger partial charge in [-0.25, -0.2) is 0 Å². The molecule has 0 radical (unpaired) electrons. The molecule has 1 aliphatic heterocycles. The first-order valence-electron chi connectivity index (χ1n) is 8.57. The Hall–Kier alpha value is -3.28. The summed E-state index contributed by atoms with van der Waals surface area (Å²) in [7, 11) is 0. The Kier molecular flexibility index (Phi) is 4.08. The summed E-state index contributed by atoms with van der Waals surface area (Å²) in [5.74, 6) is -0.915. The third-order valence-corrected chi connectivity index (χ3v) is 4.71. The number of hydrogen-bond acceptors (Lipinski definition) is 3. The third-order valence-electron chi connectivity index (χ3n) is 4.71. The number of hydrogen-bond donors (Lipinski definition) is 4. The van der Waals surface area contributed by atoms with Crippen molar-refractivity contribution in [3.05, 3.63) is 59.8 Å². The molecule has 132 valence electrons. The summed E-state index contributed by atoms with van der Waals surface area (Å²) >= 11 is 0. The highest BCUT2D eigenvalue weighted by Crippen LogP contribution is 2.30. The number of carbonyl (C=O) groups excluding carboxylic acids is 1. The smallest absolute Gasteiger partial charge is 0.303 e. The minimum Gasteiger partial charge on any atom is -0.481 e. The molecule has 2 aromatic carbocycles. The van der Waals surface area contributed by atoms with Crippen LogP contribution < -0.4 is 10.6 Å². The summed E-state index contributed by atoms with van der Waals surface area (Å²) in [5.41, 5.74) is 4.60. The Morgan fingerprint density at radius 2 is 1.96 bits per heavy atom. The molecule has 0 spiro atoms. The molecule has 6 heteroatoms. The predicted molar refractivity (Wildman–Crippen MR) is 100 cm³/mol. The molecule has 1 amide bonds. The predicted octanol–water partition coefficient (Wildman–Crippen LogP) is 3.16. The topological polar surface area (TPSA) is 94.2 Å². The van der Waals surface area contributed by atoms with Gasteiger partial charge in [-0.15, -0.1) is 0 Å². The lowest BCUT2D eigenvalue weighted by Gasteiger charge is -2.27. The highest BCUT2D eigenvalue weighted by Gasteiger charge is 2.26. The van der Waals surface area contributed by atoms with E-state index in [1.807, 2.05) is 48.7 Å². The number of aliphatic carboxylic acids is 1. The highest BCUT2D eigenvalue weighted by molar-refractivity contribution is 6.03. The van der Waals surface area contributed by atoms with E-state index in [9.17, 15) is 9.59 Å². The Bertz CT molecular complexity index is 993. The molecule has 4 rings (SSSR count). The van der Waals surface area contributed by atoms with Crippen molar-refractivity contribution < 1.29 is 14.7 Å². The number of amides is 1. The molecular formula is C20H19N3O3. The van der Waals surface area contributed by atoms with E-state index in [0.717, 1.165) is 27.7 Å². The van der Waals surface area contributed by atoms with Gasteiger partial charge in [0.1, 0.15) is 6.04 Å². The molecule has 1 aromatic heterocycles. The van der Waals surface area contributed by atoms with Gasteiger partial charge in [0, 0.05) is 29.9 Å². The SMILES string of the molecule is O=C(O)CCc1ccc2c(c1)NC(=O)C(Cc1c[nH]c3ccccc13)N2. The summed E-state index contributed by atoms with van der Waals surface area (Å²) in [6.07, 6.45) is 3.04. The number of anilines is 2. The maximum Gasteiger partial charge on any atom is 0.303 e. The van der Waals surface area contributed by atoms with Gasteiger partial charge in [0.25, 0.3) is 0 Å². The van der Waals surface area contributed by atoms with Gasteiger partial charge in [-0.2, -0.15) is 0 Å². The number of nitrogens with one attached hydrogen (secondary N) is 3. The zero-order valence-corrected chi connectivity index (χ0v) is 14.1. The van der Waals surface area contributed by atoms with Gasteiger partial charge in [0.2, 0.25) is 5.91 Å². The van der Waals surface area contributed by atoms with Gasteiger partial charge in [0.05, 0.1) is 11.4 Å². The van der Waals surface area contributed by atoms with E-state index >= 15 is 0 Å². The van der Waals surface area contributed by atoms with Crippen molar-refractivity contribution in [2.45, 2.75) is 25.3 Å². The average Bonchev–Trinajstić information content (AvgIpc) is 3.03. The van der Waals surface area contributed by atoms with Crippen molar-refractivity contribution in [1.29, 1.82) is 0 Å². The number of para-hydroxylation sites is 1. The molecule has 4 N–H and O–H groups in total. The summed E-state index contributed by atoms with van der Waals surface area (Å²) in [6, 6.07) is 13.3. The lowest BCUT2D eigenvalue weighted by atomic mass is 10.0. The summed E-state index contributed by atoms with van der Waals surface area (Å²) in [6.45, 7) is 0. The zero-order chi connectivity index (χ0) is 18.1. The molecule has 0 saturated carbocycles. The Labute approximate surface area is 150 Å². The lowest BCUT2D eigenvalue weighted by molar-refractivity contribution is -0.137. The minimum atomic E-state index is -0.830. The molecule has 1 aliphatic rings. The van der Waals surface area contributed by atoms with E-state index in [1.165, 1.54) is 0 Å². The van der Waals surface area contributed by atoms with E-state index in [0.29, 0.717) is 18.5 Å². The summed E-state index contributed by atoms with van der Waals surface area (Å²) in [4.78, 5) is 26.5. The number of H-pyrrole nitrogens is 1. The number of rotatable bonds is 5. The van der Waals surface area contributed by atoms with Crippen LogP contribution in [0, 0.1) is 0 Å². The van der Waals surface area contributed by atoms with Crippen LogP contribution in [0.3, 0.4) is 0 Å². The molecule has 0 fully saturated rings. The minimum absolute atomic E-state index is 0.0728. The normalized spacial score (nSPS) is 16.0. The van der Waals surface area contributed by atoms with E-state index in [2.05, 4.69) is 15.6 Å². The van der Waals surface area contributed by atoms with Crippen LogP contribution in [0.15, 0.2) is 48.7 Å². The molecule has 26 heavy (non-hydrogen) atoms. The Morgan fingerprint density at radius 1 is 1.12 bits per heavy atom. The quantitative estimate of drug-likeness (QED) is 0.569. The fourth-order valence-electron chi connectivity index (χ4n) is 3.36. The van der Waals surface area contributed by atoms with Crippen molar-refractivity contribution in [1.82, 2.24) is 4.98 Å². The van der Waals surface area contributed by atoms with Gasteiger partial charge in [0.15, 0.2) is 0 Å². The first-order valence-corrected chi connectivity index (χ1v) is 8.57. The van der Waals surface area contributed by atoms with E-state index in [-0.39, 0.29) is 18.4 Å². The molecule has 1 unspecified atom stereocenters. The maximum atomic E-state index is 12.5. The van der Waals surface area contributed by atoms with Crippen molar-refractivity contribution in [3.63, 3.8) is 0 Å². The van der Waals surface area contributed by atoms with E-state index in [4.69, 9.17) is 5.11 Å². The van der Waals surface area contributed by atoms with E-state index < -0.39 is 5.97 Å². The second-order valence-electron chi connectivity index (χ2n) is 6.52. The monoisotopic (exact) mass is 349 g/mol. The number of carboxylic acid groups (broad SMARTS) is 1. The fourth-order valence-corrected chi connectivity index (χ4v) is 3.36. The molecule has 6 nitrogen and oxygen atoms in total. The summed E-state index contributed by atoms with van der Waals surface area (Å²) < 4.78 is 0. The van der Waals surface area contributed by atoms with Crippen LogP contribution >= 0.6 is 0 Å². The molecule has 1 atom stereocenters. The van der Waals surface area contributed by atoms with Gasteiger partial charge in [-0.1, -0.05) is 24.3 Å². The number of fused-ring (bicyclic) bond motifs is 2. The second-order valence-corrected chi connectivity index (χ2v) is 6.52. The van der Waals surface area contributed by atoms with Crippen LogP contribution in [0.5, 0.6) is 0 Å². The molecule has 0 bridgehead atoms. The number of carboxylic acids is 1. The van der Waals surface area contributed by atoms with Crippen LogP contribution in [0.4, 0.5) is 11.4 Å². The number of aromatic amines is 1. The fraction of sp³-hybridized carbons (Fsp3) is 0.200. The largest absolute Gasteiger partial charge is 0.481 e. The molecule has 0 aliphatic carbocycles. The van der Waals surface area contributed by atoms with Crippen molar-refractivity contribution >= 4 is 34.2 Å². The average molecular weight is 349 g/mol. The first-order chi connectivity index (χ1) is 12.6. The van der Waals surface area contributed by atoms with Gasteiger partial charge < -0.3 is 20.7 Å². The third kappa shape index (κ3) is 3.13. The van der Waals surface area contributed by atoms with Crippen molar-refractivity contribution in [3.8, 4) is 0 Å². The van der Waals surface area contributed by atoms with Crippen molar-refractivity contribution in [2.75, 3.05) is 10.6 Å². The van der Waals surface area contributed by atoms with E-state index in [1.54, 1.807) is 0 Å².